The van der Waals surface area contributed by atoms with Crippen LogP contribution in [0, 0.1) is 5.82 Å². The van der Waals surface area contributed by atoms with E-state index in [0.717, 1.165) is 6.42 Å². The highest BCUT2D eigenvalue weighted by Crippen LogP contribution is 2.25. The number of rotatable bonds is 5. The predicted octanol–water partition coefficient (Wildman–Crippen LogP) is 2.99. The highest BCUT2D eigenvalue weighted by molar-refractivity contribution is 7.14. The van der Waals surface area contributed by atoms with E-state index in [1.807, 2.05) is 5.38 Å². The summed E-state index contributed by atoms with van der Waals surface area (Å²) in [6.07, 6.45) is 3.23. The van der Waals surface area contributed by atoms with Gasteiger partial charge in [0.25, 0.3) is 5.91 Å². The van der Waals surface area contributed by atoms with Crippen molar-refractivity contribution in [1.82, 2.24) is 9.55 Å². The number of anilines is 1. The Labute approximate surface area is 168 Å². The predicted molar refractivity (Wildman–Crippen MR) is 106 cm³/mol. The molecule has 0 saturated carbocycles. The van der Waals surface area contributed by atoms with Crippen LogP contribution < -0.4 is 9.70 Å². The Hall–Kier alpha value is -2.65. The van der Waals surface area contributed by atoms with Crippen LogP contribution in [0.4, 0.5) is 9.52 Å². The van der Waals surface area contributed by atoms with E-state index in [1.165, 1.54) is 28.7 Å². The molecule has 0 bridgehead atoms. The SMILES string of the molecule is O=C(Cc1csc(N2CCCC2=O)n1)N=c1sccn1Cc1ccccc1F. The van der Waals surface area contributed by atoms with Gasteiger partial charge in [0.2, 0.25) is 5.91 Å². The van der Waals surface area contributed by atoms with Crippen LogP contribution in [0.2, 0.25) is 0 Å². The van der Waals surface area contributed by atoms with Gasteiger partial charge in [-0.3, -0.25) is 14.5 Å². The lowest BCUT2D eigenvalue weighted by Crippen LogP contribution is -2.23. The number of amides is 2. The maximum Gasteiger partial charge on any atom is 0.254 e. The lowest BCUT2D eigenvalue weighted by molar-refractivity contribution is -0.118. The van der Waals surface area contributed by atoms with E-state index in [9.17, 15) is 14.0 Å². The molecule has 2 aromatic heterocycles. The standard InChI is InChI=1S/C19H17FN4O2S2/c20-15-5-2-1-4-13(15)11-23-8-9-27-18(23)22-16(25)10-14-12-28-19(21-14)24-7-3-6-17(24)26/h1-2,4-5,8-9,12H,3,6-7,10-11H2. The first-order valence-corrected chi connectivity index (χ1v) is 10.6. The molecule has 4 rings (SSSR count). The highest BCUT2D eigenvalue weighted by atomic mass is 32.1. The molecule has 1 aliphatic rings. The van der Waals surface area contributed by atoms with Crippen molar-refractivity contribution < 1.29 is 14.0 Å². The summed E-state index contributed by atoms with van der Waals surface area (Å²) in [4.78, 5) is 34.9. The van der Waals surface area contributed by atoms with Crippen molar-refractivity contribution in [1.29, 1.82) is 0 Å². The van der Waals surface area contributed by atoms with Crippen molar-refractivity contribution in [2.24, 2.45) is 4.99 Å². The molecule has 28 heavy (non-hydrogen) atoms. The number of carbonyl (C=O) groups is 2. The Bertz CT molecular complexity index is 1090. The van der Waals surface area contributed by atoms with Crippen LogP contribution in [0.25, 0.3) is 0 Å². The van der Waals surface area contributed by atoms with Gasteiger partial charge in [-0.1, -0.05) is 18.2 Å². The number of aromatic nitrogens is 2. The van der Waals surface area contributed by atoms with E-state index in [1.54, 1.807) is 39.2 Å². The first-order chi connectivity index (χ1) is 13.6. The number of thiazole rings is 2. The lowest BCUT2D eigenvalue weighted by atomic mass is 10.2. The van der Waals surface area contributed by atoms with Crippen molar-refractivity contribution in [2.75, 3.05) is 11.4 Å². The summed E-state index contributed by atoms with van der Waals surface area (Å²) in [5, 5.41) is 4.24. The first-order valence-electron chi connectivity index (χ1n) is 8.80. The van der Waals surface area contributed by atoms with E-state index < -0.39 is 0 Å². The highest BCUT2D eigenvalue weighted by Gasteiger charge is 2.24. The quantitative estimate of drug-likeness (QED) is 0.642. The minimum absolute atomic E-state index is 0.0656. The van der Waals surface area contributed by atoms with Gasteiger partial charge in [0, 0.05) is 35.5 Å². The van der Waals surface area contributed by atoms with Gasteiger partial charge in [-0.25, -0.2) is 9.37 Å². The van der Waals surface area contributed by atoms with Crippen molar-refractivity contribution in [2.45, 2.75) is 25.8 Å². The molecule has 0 N–H and O–H groups in total. The molecule has 1 fully saturated rings. The Kier molecular flexibility index (Phi) is 5.45. The van der Waals surface area contributed by atoms with Gasteiger partial charge < -0.3 is 4.57 Å². The zero-order valence-electron chi connectivity index (χ0n) is 14.9. The third kappa shape index (κ3) is 4.10. The Balaban J connectivity index is 1.47. The smallest absolute Gasteiger partial charge is 0.254 e. The van der Waals surface area contributed by atoms with Crippen LogP contribution >= 0.6 is 22.7 Å². The fraction of sp³-hybridized carbons (Fsp3) is 0.263. The van der Waals surface area contributed by atoms with Crippen LogP contribution in [0.5, 0.6) is 0 Å². The number of hydrogen-bond acceptors (Lipinski definition) is 5. The van der Waals surface area contributed by atoms with Gasteiger partial charge in [-0.15, -0.1) is 22.7 Å². The maximum atomic E-state index is 13.9. The fourth-order valence-corrected chi connectivity index (χ4v) is 4.58. The molecule has 1 aromatic carbocycles. The van der Waals surface area contributed by atoms with Crippen LogP contribution in [0.3, 0.4) is 0 Å². The maximum absolute atomic E-state index is 13.9. The molecule has 9 heteroatoms. The summed E-state index contributed by atoms with van der Waals surface area (Å²) in [5.41, 5.74) is 1.14. The molecule has 0 radical (unpaired) electrons. The van der Waals surface area contributed by atoms with Crippen LogP contribution in [0.1, 0.15) is 24.1 Å². The van der Waals surface area contributed by atoms with Crippen LogP contribution in [-0.2, 0) is 22.6 Å². The molecule has 3 aromatic rings. The molecular formula is C19H17FN4O2S2. The van der Waals surface area contributed by atoms with E-state index in [4.69, 9.17) is 0 Å². The number of carbonyl (C=O) groups excluding carboxylic acids is 2. The number of halogens is 1. The molecular weight excluding hydrogens is 399 g/mol. The second-order valence-corrected chi connectivity index (χ2v) is 8.07. The molecule has 0 aliphatic carbocycles. The van der Waals surface area contributed by atoms with Crippen LogP contribution in [0.15, 0.2) is 46.2 Å². The van der Waals surface area contributed by atoms with E-state index in [0.29, 0.717) is 40.7 Å². The first kappa shape index (κ1) is 18.7. The third-order valence-electron chi connectivity index (χ3n) is 4.36. The summed E-state index contributed by atoms with van der Waals surface area (Å²) < 4.78 is 15.6. The van der Waals surface area contributed by atoms with Gasteiger partial charge in [0.1, 0.15) is 5.82 Å². The Morgan fingerprint density at radius 1 is 1.29 bits per heavy atom. The molecule has 1 aliphatic heterocycles. The van der Waals surface area contributed by atoms with Gasteiger partial charge >= 0.3 is 0 Å². The van der Waals surface area contributed by atoms with Gasteiger partial charge in [-0.2, -0.15) is 4.99 Å². The molecule has 6 nitrogen and oxygen atoms in total. The minimum Gasteiger partial charge on any atom is -0.319 e. The molecule has 144 valence electrons. The molecule has 2 amide bonds. The molecule has 3 heterocycles. The summed E-state index contributed by atoms with van der Waals surface area (Å²) in [5.74, 6) is -0.538. The monoisotopic (exact) mass is 416 g/mol. The van der Waals surface area contributed by atoms with Crippen molar-refractivity contribution in [3.8, 4) is 0 Å². The normalized spacial score (nSPS) is 14.8. The van der Waals surface area contributed by atoms with Gasteiger partial charge in [-0.05, 0) is 12.5 Å². The number of benzene rings is 1. The Morgan fingerprint density at radius 2 is 2.14 bits per heavy atom. The summed E-state index contributed by atoms with van der Waals surface area (Å²) in [6, 6.07) is 6.54. The fourth-order valence-electron chi connectivity index (χ4n) is 2.97. The molecule has 0 unspecified atom stereocenters. The average molecular weight is 417 g/mol. The van der Waals surface area contributed by atoms with Gasteiger partial charge in [0.05, 0.1) is 18.7 Å². The molecule has 1 saturated heterocycles. The molecule has 0 spiro atoms. The van der Waals surface area contributed by atoms with Crippen molar-refractivity contribution >= 4 is 39.6 Å². The third-order valence-corrected chi connectivity index (χ3v) is 6.06. The minimum atomic E-state index is -0.325. The average Bonchev–Trinajstić information content (AvgIpc) is 3.39. The number of hydrogen-bond donors (Lipinski definition) is 0. The van der Waals surface area contributed by atoms with E-state index >= 15 is 0 Å². The van der Waals surface area contributed by atoms with Crippen molar-refractivity contribution in [3.63, 3.8) is 0 Å². The van der Waals surface area contributed by atoms with E-state index in [-0.39, 0.29) is 24.1 Å². The van der Waals surface area contributed by atoms with Gasteiger partial charge in [0.15, 0.2) is 9.93 Å². The second-order valence-electron chi connectivity index (χ2n) is 6.36. The lowest BCUT2D eigenvalue weighted by Gasteiger charge is -2.10. The topological polar surface area (TPSA) is 67.6 Å². The summed E-state index contributed by atoms with van der Waals surface area (Å²) in [6.45, 7) is 0.982. The zero-order valence-corrected chi connectivity index (χ0v) is 16.5. The van der Waals surface area contributed by atoms with E-state index in [2.05, 4.69) is 9.98 Å². The summed E-state index contributed by atoms with van der Waals surface area (Å²) >= 11 is 2.68. The zero-order chi connectivity index (χ0) is 19.5. The number of nitrogens with zero attached hydrogens (tertiary/aromatic N) is 4. The Morgan fingerprint density at radius 3 is 2.93 bits per heavy atom. The van der Waals surface area contributed by atoms with Crippen LogP contribution in [-0.4, -0.2) is 27.9 Å². The second kappa shape index (κ2) is 8.15. The largest absolute Gasteiger partial charge is 0.319 e. The molecule has 0 atom stereocenters. The summed E-state index contributed by atoms with van der Waals surface area (Å²) in [7, 11) is 0. The van der Waals surface area contributed by atoms with Crippen molar-refractivity contribution in [3.05, 3.63) is 63.1 Å².